The molecule has 0 amide bonds. The molecule has 0 saturated heterocycles. The van der Waals surface area contributed by atoms with Crippen LogP contribution in [0.25, 0.3) is 22.7 Å². The van der Waals surface area contributed by atoms with Crippen LogP contribution in [-0.4, -0.2) is 15.0 Å². The zero-order valence-electron chi connectivity index (χ0n) is 8.71. The van der Waals surface area contributed by atoms with E-state index in [0.29, 0.717) is 17.1 Å². The normalized spacial score (nSPS) is 10.8. The van der Waals surface area contributed by atoms with E-state index in [1.165, 1.54) is 0 Å². The van der Waals surface area contributed by atoms with Crippen LogP contribution in [0.15, 0.2) is 41.2 Å². The first-order valence-corrected chi connectivity index (χ1v) is 4.97. The summed E-state index contributed by atoms with van der Waals surface area (Å²) in [4.78, 5) is 12.5. The minimum Gasteiger partial charge on any atom is -0.434 e. The Kier molecular flexibility index (Phi) is 1.93. The van der Waals surface area contributed by atoms with E-state index < -0.39 is 0 Å². The van der Waals surface area contributed by atoms with Gasteiger partial charge in [-0.3, -0.25) is 4.98 Å². The summed E-state index contributed by atoms with van der Waals surface area (Å²) >= 11 is 0. The van der Waals surface area contributed by atoms with Crippen molar-refractivity contribution in [1.82, 2.24) is 15.0 Å². The van der Waals surface area contributed by atoms with Crippen LogP contribution in [0.5, 0.6) is 0 Å². The lowest BCUT2D eigenvalue weighted by Gasteiger charge is -1.97. The van der Waals surface area contributed by atoms with Gasteiger partial charge in [0, 0.05) is 18.6 Å². The molecule has 3 aromatic heterocycles. The molecular weight excluding hydrogens is 202 g/mol. The predicted octanol–water partition coefficient (Wildman–Crippen LogP) is 2.59. The number of oxazole rings is 1. The molecule has 0 aliphatic heterocycles. The first-order valence-electron chi connectivity index (χ1n) is 4.97. The highest BCUT2D eigenvalue weighted by Crippen LogP contribution is 2.24. The van der Waals surface area contributed by atoms with Crippen LogP contribution in [-0.2, 0) is 0 Å². The third kappa shape index (κ3) is 1.35. The summed E-state index contributed by atoms with van der Waals surface area (Å²) in [5, 5.41) is 0. The van der Waals surface area contributed by atoms with Crippen molar-refractivity contribution < 1.29 is 4.42 Å². The maximum Gasteiger partial charge on any atom is 0.230 e. The summed E-state index contributed by atoms with van der Waals surface area (Å²) in [6, 6.07) is 5.61. The number of aromatic nitrogens is 3. The van der Waals surface area contributed by atoms with Crippen LogP contribution in [0.4, 0.5) is 0 Å². The van der Waals surface area contributed by atoms with Crippen LogP contribution < -0.4 is 0 Å². The molecule has 3 rings (SSSR count). The molecule has 0 saturated carbocycles. The first-order chi connectivity index (χ1) is 7.84. The molecule has 16 heavy (non-hydrogen) atoms. The second-order valence-corrected chi connectivity index (χ2v) is 3.53. The molecule has 0 aromatic carbocycles. The number of hydrogen-bond donors (Lipinski definition) is 0. The number of fused-ring (bicyclic) bond motifs is 1. The van der Waals surface area contributed by atoms with E-state index in [4.69, 9.17) is 4.42 Å². The molecule has 0 aliphatic carbocycles. The molecule has 0 N–H and O–H groups in total. The number of hydrogen-bond acceptors (Lipinski definition) is 4. The van der Waals surface area contributed by atoms with Gasteiger partial charge in [-0.05, 0) is 30.7 Å². The molecule has 4 nitrogen and oxygen atoms in total. The summed E-state index contributed by atoms with van der Waals surface area (Å²) in [6.45, 7) is 2.00. The molecule has 0 unspecified atom stereocenters. The van der Waals surface area contributed by atoms with Gasteiger partial charge in [-0.2, -0.15) is 4.98 Å². The molecular formula is C12H9N3O. The van der Waals surface area contributed by atoms with Crippen LogP contribution in [0, 0.1) is 6.92 Å². The SMILES string of the molecule is Cc1ccncc1-c1nc2ncccc2o1. The van der Waals surface area contributed by atoms with E-state index in [1.54, 1.807) is 18.6 Å². The Morgan fingerprint density at radius 1 is 1.19 bits per heavy atom. The zero-order valence-corrected chi connectivity index (χ0v) is 8.71. The minimum atomic E-state index is 0.569. The van der Waals surface area contributed by atoms with E-state index in [0.717, 1.165) is 11.1 Å². The highest BCUT2D eigenvalue weighted by molar-refractivity contribution is 5.72. The number of aryl methyl sites for hydroxylation is 1. The summed E-state index contributed by atoms with van der Waals surface area (Å²) in [6.07, 6.45) is 5.20. The third-order valence-electron chi connectivity index (χ3n) is 2.43. The second kappa shape index (κ2) is 3.41. The zero-order chi connectivity index (χ0) is 11.0. The maximum absolute atomic E-state index is 5.62. The van der Waals surface area contributed by atoms with Gasteiger partial charge in [0.05, 0.1) is 5.56 Å². The largest absolute Gasteiger partial charge is 0.434 e. The number of rotatable bonds is 1. The summed E-state index contributed by atoms with van der Waals surface area (Å²) < 4.78 is 5.62. The molecule has 78 valence electrons. The van der Waals surface area contributed by atoms with E-state index >= 15 is 0 Å². The van der Waals surface area contributed by atoms with Gasteiger partial charge in [-0.15, -0.1) is 0 Å². The second-order valence-electron chi connectivity index (χ2n) is 3.53. The van der Waals surface area contributed by atoms with Gasteiger partial charge in [0.2, 0.25) is 5.89 Å². The van der Waals surface area contributed by atoms with Gasteiger partial charge in [0.15, 0.2) is 11.2 Å². The minimum absolute atomic E-state index is 0.569. The maximum atomic E-state index is 5.62. The average molecular weight is 211 g/mol. The first kappa shape index (κ1) is 9.03. The van der Waals surface area contributed by atoms with Crippen molar-refractivity contribution in [3.63, 3.8) is 0 Å². The number of nitrogens with zero attached hydrogens (tertiary/aromatic N) is 3. The molecule has 4 heteroatoms. The fourth-order valence-corrected chi connectivity index (χ4v) is 1.57. The van der Waals surface area contributed by atoms with Gasteiger partial charge in [0.1, 0.15) is 0 Å². The van der Waals surface area contributed by atoms with E-state index in [-0.39, 0.29) is 0 Å². The van der Waals surface area contributed by atoms with Gasteiger partial charge in [-0.1, -0.05) is 0 Å². The smallest absolute Gasteiger partial charge is 0.230 e. The van der Waals surface area contributed by atoms with Crippen LogP contribution in [0.3, 0.4) is 0 Å². The Morgan fingerprint density at radius 3 is 2.94 bits per heavy atom. The molecule has 0 aliphatic rings. The average Bonchev–Trinajstić information content (AvgIpc) is 2.73. The Balaban J connectivity index is 2.23. The summed E-state index contributed by atoms with van der Waals surface area (Å²) in [5.74, 6) is 0.569. The Bertz CT molecular complexity index is 612. The fourth-order valence-electron chi connectivity index (χ4n) is 1.57. The van der Waals surface area contributed by atoms with Crippen molar-refractivity contribution in [2.45, 2.75) is 6.92 Å². The molecule has 3 heterocycles. The molecule has 0 fully saturated rings. The van der Waals surface area contributed by atoms with Crippen LogP contribution >= 0.6 is 0 Å². The van der Waals surface area contributed by atoms with Gasteiger partial charge < -0.3 is 4.42 Å². The lowest BCUT2D eigenvalue weighted by molar-refractivity contribution is 0.618. The lowest BCUT2D eigenvalue weighted by atomic mass is 10.2. The lowest BCUT2D eigenvalue weighted by Crippen LogP contribution is -1.84. The summed E-state index contributed by atoms with van der Waals surface area (Å²) in [7, 11) is 0. The van der Waals surface area contributed by atoms with Gasteiger partial charge in [-0.25, -0.2) is 4.98 Å². The van der Waals surface area contributed by atoms with E-state index in [1.807, 2.05) is 25.1 Å². The monoisotopic (exact) mass is 211 g/mol. The predicted molar refractivity (Wildman–Crippen MR) is 59.8 cm³/mol. The molecule has 0 radical (unpaired) electrons. The topological polar surface area (TPSA) is 51.8 Å². The van der Waals surface area contributed by atoms with E-state index in [2.05, 4.69) is 15.0 Å². The van der Waals surface area contributed by atoms with Crippen molar-refractivity contribution in [1.29, 1.82) is 0 Å². The quantitative estimate of drug-likeness (QED) is 0.620. The van der Waals surface area contributed by atoms with Crippen LogP contribution in [0.2, 0.25) is 0 Å². The van der Waals surface area contributed by atoms with Crippen molar-refractivity contribution in [2.24, 2.45) is 0 Å². The van der Waals surface area contributed by atoms with Crippen molar-refractivity contribution >= 4 is 11.2 Å². The van der Waals surface area contributed by atoms with Gasteiger partial charge >= 0.3 is 0 Å². The van der Waals surface area contributed by atoms with Crippen molar-refractivity contribution in [3.8, 4) is 11.5 Å². The third-order valence-corrected chi connectivity index (χ3v) is 2.43. The Labute approximate surface area is 92.0 Å². The molecule has 0 atom stereocenters. The Morgan fingerprint density at radius 2 is 2.12 bits per heavy atom. The molecule has 0 bridgehead atoms. The number of pyridine rings is 2. The van der Waals surface area contributed by atoms with Crippen molar-refractivity contribution in [3.05, 3.63) is 42.4 Å². The molecule has 3 aromatic rings. The van der Waals surface area contributed by atoms with Crippen LogP contribution in [0.1, 0.15) is 5.56 Å². The standard InChI is InChI=1S/C12H9N3O/c1-8-4-6-13-7-9(8)12-15-11-10(16-12)3-2-5-14-11/h2-7H,1H3. The van der Waals surface area contributed by atoms with Crippen molar-refractivity contribution in [2.75, 3.05) is 0 Å². The highest BCUT2D eigenvalue weighted by atomic mass is 16.3. The van der Waals surface area contributed by atoms with E-state index in [9.17, 15) is 0 Å². The highest BCUT2D eigenvalue weighted by Gasteiger charge is 2.10. The molecule has 0 spiro atoms. The fraction of sp³-hybridized carbons (Fsp3) is 0.0833. The van der Waals surface area contributed by atoms with Gasteiger partial charge in [0.25, 0.3) is 0 Å². The Hall–Kier alpha value is -2.23. The summed E-state index contributed by atoms with van der Waals surface area (Å²) in [5.41, 5.74) is 3.31.